The summed E-state index contributed by atoms with van der Waals surface area (Å²) in [6.07, 6.45) is -0.0524. The molecule has 0 aromatic heterocycles. The third-order valence-corrected chi connectivity index (χ3v) is 2.83. The molecule has 0 fully saturated rings. The van der Waals surface area contributed by atoms with Crippen molar-refractivity contribution in [2.75, 3.05) is 11.4 Å². The second kappa shape index (κ2) is 6.17. The zero-order valence-electron chi connectivity index (χ0n) is 11.3. The number of nitrogens with zero attached hydrogens (tertiary/aromatic N) is 2. The molecule has 0 aliphatic heterocycles. The van der Waals surface area contributed by atoms with Crippen LogP contribution in [0.4, 0.5) is 11.4 Å². The van der Waals surface area contributed by atoms with E-state index >= 15 is 0 Å². The summed E-state index contributed by atoms with van der Waals surface area (Å²) in [6.45, 7) is 5.79. The molecular weight excluding hydrogens is 248 g/mol. The molecule has 0 heterocycles. The molecule has 1 aromatic rings. The Morgan fingerprint density at radius 1 is 1.47 bits per heavy atom. The van der Waals surface area contributed by atoms with Crippen molar-refractivity contribution in [1.82, 2.24) is 0 Å². The summed E-state index contributed by atoms with van der Waals surface area (Å²) < 4.78 is 0. The lowest BCUT2D eigenvalue weighted by molar-refractivity contribution is -0.384. The smallest absolute Gasteiger partial charge is 0.305 e. The van der Waals surface area contributed by atoms with E-state index in [2.05, 4.69) is 0 Å². The first-order valence-electron chi connectivity index (χ1n) is 6.06. The van der Waals surface area contributed by atoms with E-state index in [0.717, 1.165) is 5.56 Å². The van der Waals surface area contributed by atoms with E-state index in [9.17, 15) is 14.9 Å². The van der Waals surface area contributed by atoms with Crippen LogP contribution in [0, 0.1) is 17.0 Å². The van der Waals surface area contributed by atoms with Gasteiger partial charge in [0, 0.05) is 18.7 Å². The number of rotatable bonds is 6. The summed E-state index contributed by atoms with van der Waals surface area (Å²) in [5.41, 5.74) is 1.28. The molecule has 0 saturated heterocycles. The van der Waals surface area contributed by atoms with Crippen LogP contribution in [0.1, 0.15) is 25.8 Å². The van der Waals surface area contributed by atoms with Crippen LogP contribution in [-0.2, 0) is 4.79 Å². The first-order valence-corrected chi connectivity index (χ1v) is 6.06. The zero-order chi connectivity index (χ0) is 14.6. The molecule has 6 heteroatoms. The number of nitro groups is 1. The number of aliphatic carboxylic acids is 1. The molecule has 0 radical (unpaired) electrons. The highest BCUT2D eigenvalue weighted by molar-refractivity contribution is 5.69. The first kappa shape index (κ1) is 14.9. The van der Waals surface area contributed by atoms with E-state index in [-0.39, 0.29) is 24.7 Å². The van der Waals surface area contributed by atoms with Gasteiger partial charge in [-0.1, -0.05) is 6.07 Å². The van der Waals surface area contributed by atoms with E-state index in [4.69, 9.17) is 5.11 Å². The average molecular weight is 266 g/mol. The van der Waals surface area contributed by atoms with Crippen molar-refractivity contribution in [2.45, 2.75) is 33.2 Å². The quantitative estimate of drug-likeness (QED) is 0.632. The second-order valence-corrected chi connectivity index (χ2v) is 4.68. The normalized spacial score (nSPS) is 10.5. The summed E-state index contributed by atoms with van der Waals surface area (Å²) in [5.74, 6) is -0.916. The number of carboxylic acid groups (broad SMARTS) is 1. The molecule has 0 bridgehead atoms. The van der Waals surface area contributed by atoms with Crippen LogP contribution in [0.5, 0.6) is 0 Å². The summed E-state index contributed by atoms with van der Waals surface area (Å²) in [7, 11) is 0. The van der Waals surface area contributed by atoms with Crippen molar-refractivity contribution in [3.05, 3.63) is 33.9 Å². The highest BCUT2D eigenvalue weighted by Gasteiger charge is 2.21. The van der Waals surface area contributed by atoms with Crippen molar-refractivity contribution in [3.8, 4) is 0 Å². The third-order valence-electron chi connectivity index (χ3n) is 2.83. The minimum atomic E-state index is -0.916. The number of hydrogen-bond acceptors (Lipinski definition) is 4. The van der Waals surface area contributed by atoms with Crippen molar-refractivity contribution < 1.29 is 14.8 Å². The van der Waals surface area contributed by atoms with Crippen LogP contribution in [0.15, 0.2) is 18.2 Å². The summed E-state index contributed by atoms with van der Waals surface area (Å²) in [6, 6.07) is 4.96. The maximum absolute atomic E-state index is 11.1. The lowest BCUT2D eigenvalue weighted by atomic mass is 10.1. The van der Waals surface area contributed by atoms with Gasteiger partial charge in [0.15, 0.2) is 0 Å². The predicted octanol–water partition coefficient (Wildman–Crippen LogP) is 2.59. The molecule has 0 spiro atoms. The maximum Gasteiger partial charge on any atom is 0.305 e. The van der Waals surface area contributed by atoms with Gasteiger partial charge in [-0.15, -0.1) is 0 Å². The van der Waals surface area contributed by atoms with E-state index in [0.29, 0.717) is 5.69 Å². The summed E-state index contributed by atoms with van der Waals surface area (Å²) in [4.78, 5) is 23.1. The molecule has 0 aliphatic carbocycles. The Bertz CT molecular complexity index is 486. The Hall–Kier alpha value is -2.11. The van der Waals surface area contributed by atoms with Gasteiger partial charge in [-0.2, -0.15) is 0 Å². The van der Waals surface area contributed by atoms with Crippen LogP contribution in [0.3, 0.4) is 0 Å². The van der Waals surface area contributed by atoms with Gasteiger partial charge in [0.05, 0.1) is 11.3 Å². The molecule has 104 valence electrons. The number of hydrogen-bond donors (Lipinski definition) is 1. The topological polar surface area (TPSA) is 83.7 Å². The lowest BCUT2D eigenvalue weighted by Crippen LogP contribution is -2.33. The summed E-state index contributed by atoms with van der Waals surface area (Å²) in [5, 5.41) is 19.9. The van der Waals surface area contributed by atoms with Crippen LogP contribution in [0.25, 0.3) is 0 Å². The maximum atomic E-state index is 11.1. The summed E-state index contributed by atoms with van der Waals surface area (Å²) >= 11 is 0. The number of carbonyl (C=O) groups is 1. The second-order valence-electron chi connectivity index (χ2n) is 4.68. The van der Waals surface area contributed by atoms with E-state index in [1.165, 1.54) is 6.07 Å². The zero-order valence-corrected chi connectivity index (χ0v) is 11.3. The molecule has 0 atom stereocenters. The highest BCUT2D eigenvalue weighted by Crippen LogP contribution is 2.30. The molecule has 1 N–H and O–H groups in total. The minimum absolute atomic E-state index is 0.0130. The van der Waals surface area contributed by atoms with Crippen LogP contribution in [-0.4, -0.2) is 28.6 Å². The van der Waals surface area contributed by atoms with Crippen molar-refractivity contribution >= 4 is 17.3 Å². The molecule has 1 aromatic carbocycles. The van der Waals surface area contributed by atoms with Crippen LogP contribution < -0.4 is 4.90 Å². The van der Waals surface area contributed by atoms with Crippen molar-refractivity contribution in [3.63, 3.8) is 0 Å². The van der Waals surface area contributed by atoms with Gasteiger partial charge in [0.25, 0.3) is 5.69 Å². The Kier molecular flexibility index (Phi) is 4.86. The van der Waals surface area contributed by atoms with Crippen LogP contribution in [0.2, 0.25) is 0 Å². The van der Waals surface area contributed by atoms with E-state index in [1.54, 1.807) is 24.0 Å². The highest BCUT2D eigenvalue weighted by atomic mass is 16.6. The standard InChI is InChI=1S/C13H18N2O4/c1-9(2)14(7-6-13(16)17)11-5-4-10(3)8-12(11)15(18)19/h4-5,8-9H,6-7H2,1-3H3,(H,16,17). The van der Waals surface area contributed by atoms with Crippen molar-refractivity contribution in [1.29, 1.82) is 0 Å². The van der Waals surface area contributed by atoms with E-state index in [1.807, 2.05) is 13.8 Å². The third kappa shape index (κ3) is 3.94. The fourth-order valence-corrected chi connectivity index (χ4v) is 1.90. The van der Waals surface area contributed by atoms with Crippen LogP contribution >= 0.6 is 0 Å². The molecule has 0 amide bonds. The van der Waals surface area contributed by atoms with Gasteiger partial charge in [-0.25, -0.2) is 0 Å². The molecule has 6 nitrogen and oxygen atoms in total. The van der Waals surface area contributed by atoms with Gasteiger partial charge in [-0.3, -0.25) is 14.9 Å². The largest absolute Gasteiger partial charge is 0.481 e. The van der Waals surface area contributed by atoms with Gasteiger partial charge in [-0.05, 0) is 32.4 Å². The van der Waals surface area contributed by atoms with E-state index < -0.39 is 10.9 Å². The number of carboxylic acids is 1. The predicted molar refractivity (Wildman–Crippen MR) is 72.6 cm³/mol. The lowest BCUT2D eigenvalue weighted by Gasteiger charge is -2.28. The Balaban J connectivity index is 3.14. The number of nitro benzene ring substituents is 1. The SMILES string of the molecule is Cc1ccc(N(CCC(=O)O)C(C)C)c([N+](=O)[O-])c1. The Morgan fingerprint density at radius 3 is 2.58 bits per heavy atom. The van der Waals surface area contributed by atoms with Gasteiger partial charge < -0.3 is 10.0 Å². The minimum Gasteiger partial charge on any atom is -0.481 e. The van der Waals surface area contributed by atoms with Gasteiger partial charge in [0.1, 0.15) is 5.69 Å². The number of benzene rings is 1. The fourth-order valence-electron chi connectivity index (χ4n) is 1.90. The van der Waals surface area contributed by atoms with Gasteiger partial charge >= 0.3 is 5.97 Å². The molecule has 0 aliphatic rings. The molecular formula is C13H18N2O4. The first-order chi connectivity index (χ1) is 8.82. The monoisotopic (exact) mass is 266 g/mol. The Morgan fingerprint density at radius 2 is 2.11 bits per heavy atom. The number of anilines is 1. The molecule has 1 rings (SSSR count). The van der Waals surface area contributed by atoms with Gasteiger partial charge in [0.2, 0.25) is 0 Å². The average Bonchev–Trinajstić information content (AvgIpc) is 2.29. The molecule has 0 unspecified atom stereocenters. The number of aryl methyl sites for hydroxylation is 1. The molecule has 19 heavy (non-hydrogen) atoms. The fraction of sp³-hybridized carbons (Fsp3) is 0.462. The molecule has 0 saturated carbocycles. The Labute approximate surface area is 111 Å². The van der Waals surface area contributed by atoms with Crippen molar-refractivity contribution in [2.24, 2.45) is 0 Å².